The third-order valence-electron chi connectivity index (χ3n) is 4.69. The number of terminal acetylenes is 1. The maximum absolute atomic E-state index is 12.3. The molecule has 26 heavy (non-hydrogen) atoms. The van der Waals surface area contributed by atoms with Gasteiger partial charge in [-0.3, -0.25) is 4.90 Å². The first-order valence-electron chi connectivity index (χ1n) is 8.28. The largest absolute Gasteiger partial charge is 0.480 e. The van der Waals surface area contributed by atoms with Gasteiger partial charge < -0.3 is 9.84 Å². The van der Waals surface area contributed by atoms with Gasteiger partial charge in [-0.15, -0.1) is 12.3 Å². The van der Waals surface area contributed by atoms with Crippen LogP contribution in [0.3, 0.4) is 0 Å². The number of benzene rings is 2. The van der Waals surface area contributed by atoms with Crippen molar-refractivity contribution in [2.24, 2.45) is 0 Å². The van der Waals surface area contributed by atoms with Gasteiger partial charge in [0, 0.05) is 19.4 Å². The van der Waals surface area contributed by atoms with Crippen LogP contribution in [0, 0.1) is 12.3 Å². The fraction of sp³-hybridized carbons (Fsp3) is 0.238. The van der Waals surface area contributed by atoms with Crippen molar-refractivity contribution in [2.45, 2.75) is 18.4 Å². The summed E-state index contributed by atoms with van der Waals surface area (Å²) < 4.78 is 5.43. The second kappa shape index (κ2) is 7.32. The molecule has 0 heterocycles. The minimum atomic E-state index is -1.15. The normalized spacial score (nSPS) is 13.2. The van der Waals surface area contributed by atoms with Crippen LogP contribution in [0.15, 0.2) is 48.5 Å². The zero-order valence-corrected chi connectivity index (χ0v) is 14.4. The molecule has 0 saturated heterocycles. The van der Waals surface area contributed by atoms with E-state index >= 15 is 0 Å². The molecule has 1 N–H and O–H groups in total. The smallest absolute Gasteiger partial charge is 0.410 e. The number of nitrogens with zero attached hydrogens (tertiary/aromatic N) is 1. The lowest BCUT2D eigenvalue weighted by molar-refractivity contribution is -0.142. The summed E-state index contributed by atoms with van der Waals surface area (Å²) in [5.41, 5.74) is 4.46. The summed E-state index contributed by atoms with van der Waals surface area (Å²) in [5, 5.41) is 9.22. The number of carbonyl (C=O) groups excluding carboxylic acids is 1. The van der Waals surface area contributed by atoms with Crippen molar-refractivity contribution in [2.75, 3.05) is 13.7 Å². The Morgan fingerprint density at radius 2 is 1.69 bits per heavy atom. The van der Waals surface area contributed by atoms with E-state index in [1.165, 1.54) is 7.05 Å². The van der Waals surface area contributed by atoms with Crippen molar-refractivity contribution >= 4 is 12.1 Å². The third-order valence-corrected chi connectivity index (χ3v) is 4.69. The molecule has 3 rings (SSSR count). The molecule has 132 valence electrons. The summed E-state index contributed by atoms with van der Waals surface area (Å²) in [7, 11) is 1.38. The van der Waals surface area contributed by atoms with Gasteiger partial charge in [-0.25, -0.2) is 9.59 Å². The summed E-state index contributed by atoms with van der Waals surface area (Å²) in [6.07, 6.45) is 4.42. The van der Waals surface area contributed by atoms with E-state index in [2.05, 4.69) is 18.1 Å². The molecular formula is C21H19NO4. The lowest BCUT2D eigenvalue weighted by Crippen LogP contribution is -2.42. The number of fused-ring (bicyclic) bond motifs is 3. The van der Waals surface area contributed by atoms with Crippen molar-refractivity contribution in [3.63, 3.8) is 0 Å². The van der Waals surface area contributed by atoms with Gasteiger partial charge in [0.05, 0.1) is 0 Å². The topological polar surface area (TPSA) is 66.8 Å². The van der Waals surface area contributed by atoms with Crippen molar-refractivity contribution in [3.05, 3.63) is 59.7 Å². The molecule has 1 atom stereocenters. The number of carboxylic acids is 1. The van der Waals surface area contributed by atoms with Gasteiger partial charge in [-0.1, -0.05) is 48.5 Å². The summed E-state index contributed by atoms with van der Waals surface area (Å²) in [4.78, 5) is 24.6. The summed E-state index contributed by atoms with van der Waals surface area (Å²) in [6.45, 7) is 0.138. The quantitative estimate of drug-likeness (QED) is 0.841. The van der Waals surface area contributed by atoms with Crippen LogP contribution in [0.2, 0.25) is 0 Å². The Hall–Kier alpha value is -3.26. The van der Waals surface area contributed by atoms with Gasteiger partial charge in [0.2, 0.25) is 0 Å². The number of hydrogen-bond donors (Lipinski definition) is 1. The van der Waals surface area contributed by atoms with Crippen LogP contribution in [0.1, 0.15) is 23.5 Å². The highest BCUT2D eigenvalue weighted by molar-refractivity contribution is 5.81. The summed E-state index contributed by atoms with van der Waals surface area (Å²) in [5.74, 6) is 1.05. The fourth-order valence-corrected chi connectivity index (χ4v) is 3.32. The fourth-order valence-electron chi connectivity index (χ4n) is 3.32. The maximum atomic E-state index is 12.3. The predicted molar refractivity (Wildman–Crippen MR) is 97.7 cm³/mol. The third kappa shape index (κ3) is 3.14. The van der Waals surface area contributed by atoms with E-state index in [1.807, 2.05) is 36.4 Å². The van der Waals surface area contributed by atoms with E-state index in [0.717, 1.165) is 27.2 Å². The molecule has 0 saturated carbocycles. The van der Waals surface area contributed by atoms with Gasteiger partial charge in [0.1, 0.15) is 12.6 Å². The standard InChI is InChI=1S/C21H19NO4/c1-3-8-19(20(23)24)22(2)21(25)26-13-18-16-11-6-4-9-14(16)15-10-5-7-12-17(15)18/h1,4-7,9-12,18-19H,8,13H2,2H3,(H,23,24)/t19-/m0/s1. The second-order valence-electron chi connectivity index (χ2n) is 6.18. The van der Waals surface area contributed by atoms with E-state index in [1.54, 1.807) is 0 Å². The molecule has 0 fully saturated rings. The van der Waals surface area contributed by atoms with Crippen LogP contribution in [0.25, 0.3) is 11.1 Å². The molecule has 1 aliphatic rings. The monoisotopic (exact) mass is 349 g/mol. The van der Waals surface area contributed by atoms with Crippen molar-refractivity contribution in [3.8, 4) is 23.5 Å². The van der Waals surface area contributed by atoms with E-state index in [4.69, 9.17) is 11.2 Å². The molecule has 0 spiro atoms. The van der Waals surface area contributed by atoms with Gasteiger partial charge >= 0.3 is 12.1 Å². The molecule has 0 aliphatic heterocycles. The molecule has 1 aliphatic carbocycles. The van der Waals surface area contributed by atoms with Crippen molar-refractivity contribution in [1.82, 2.24) is 4.90 Å². The number of carbonyl (C=O) groups is 2. The summed E-state index contributed by atoms with van der Waals surface area (Å²) >= 11 is 0. The average molecular weight is 349 g/mol. The van der Waals surface area contributed by atoms with E-state index in [9.17, 15) is 14.7 Å². The second-order valence-corrected chi connectivity index (χ2v) is 6.18. The Kier molecular flexibility index (Phi) is 4.94. The first kappa shape index (κ1) is 17.6. The molecule has 0 bridgehead atoms. The number of aliphatic carboxylic acids is 1. The van der Waals surface area contributed by atoms with E-state index in [-0.39, 0.29) is 18.9 Å². The SMILES string of the molecule is C#CC[C@@H](C(=O)O)N(C)C(=O)OCC1c2ccccc2-c2ccccc21. The molecule has 1 amide bonds. The van der Waals surface area contributed by atoms with Crippen LogP contribution in [0.4, 0.5) is 4.79 Å². The highest BCUT2D eigenvalue weighted by Gasteiger charge is 2.31. The lowest BCUT2D eigenvalue weighted by atomic mass is 9.98. The van der Waals surface area contributed by atoms with Crippen LogP contribution >= 0.6 is 0 Å². The predicted octanol–water partition coefficient (Wildman–Crippen LogP) is 3.34. The van der Waals surface area contributed by atoms with E-state index < -0.39 is 18.1 Å². The van der Waals surface area contributed by atoms with Gasteiger partial charge in [-0.2, -0.15) is 0 Å². The van der Waals surface area contributed by atoms with Crippen LogP contribution < -0.4 is 0 Å². The molecule has 2 aromatic rings. The molecular weight excluding hydrogens is 330 g/mol. The van der Waals surface area contributed by atoms with Gasteiger partial charge in [0.15, 0.2) is 0 Å². The molecule has 0 unspecified atom stereocenters. The minimum Gasteiger partial charge on any atom is -0.480 e. The Bertz CT molecular complexity index is 838. The molecule has 5 nitrogen and oxygen atoms in total. The molecule has 2 aromatic carbocycles. The van der Waals surface area contributed by atoms with Crippen LogP contribution in [-0.4, -0.2) is 41.8 Å². The zero-order valence-electron chi connectivity index (χ0n) is 14.4. The van der Waals surface area contributed by atoms with Gasteiger partial charge in [-0.05, 0) is 22.3 Å². The van der Waals surface area contributed by atoms with Crippen LogP contribution in [0.5, 0.6) is 0 Å². The number of ether oxygens (including phenoxy) is 1. The Labute approximate surface area is 152 Å². The zero-order chi connectivity index (χ0) is 18.7. The Morgan fingerprint density at radius 1 is 1.15 bits per heavy atom. The molecule has 0 aromatic heterocycles. The highest BCUT2D eigenvalue weighted by atomic mass is 16.6. The Balaban J connectivity index is 1.77. The number of carboxylic acid groups (broad SMARTS) is 1. The molecule has 0 radical (unpaired) electrons. The van der Waals surface area contributed by atoms with Crippen molar-refractivity contribution in [1.29, 1.82) is 0 Å². The average Bonchev–Trinajstić information content (AvgIpc) is 2.97. The Morgan fingerprint density at radius 3 is 2.19 bits per heavy atom. The highest BCUT2D eigenvalue weighted by Crippen LogP contribution is 2.44. The summed E-state index contributed by atoms with van der Waals surface area (Å²) in [6, 6.07) is 14.9. The maximum Gasteiger partial charge on any atom is 0.410 e. The van der Waals surface area contributed by atoms with Gasteiger partial charge in [0.25, 0.3) is 0 Å². The van der Waals surface area contributed by atoms with E-state index in [0.29, 0.717) is 0 Å². The number of likely N-dealkylation sites (N-methyl/N-ethyl adjacent to an activating group) is 1. The first-order valence-corrected chi connectivity index (χ1v) is 8.28. The molecule has 5 heteroatoms. The number of amides is 1. The first-order chi connectivity index (χ1) is 12.5. The lowest BCUT2D eigenvalue weighted by Gasteiger charge is -2.24. The number of rotatable bonds is 5. The number of hydrogen-bond acceptors (Lipinski definition) is 3. The minimum absolute atomic E-state index is 0.0734. The van der Waals surface area contributed by atoms with Crippen LogP contribution in [-0.2, 0) is 9.53 Å². The van der Waals surface area contributed by atoms with Crippen molar-refractivity contribution < 1.29 is 19.4 Å².